The van der Waals surface area contributed by atoms with Gasteiger partial charge in [0.05, 0.1) is 6.54 Å². The number of nitrogens with one attached hydrogen (secondary N) is 2. The van der Waals surface area contributed by atoms with Gasteiger partial charge in [0.25, 0.3) is 0 Å². The first kappa shape index (κ1) is 17.6. The summed E-state index contributed by atoms with van der Waals surface area (Å²) in [6.45, 7) is 0.940. The lowest BCUT2D eigenvalue weighted by Crippen LogP contribution is -2.43. The molecule has 0 spiro atoms. The van der Waals surface area contributed by atoms with Gasteiger partial charge >= 0.3 is 6.03 Å². The van der Waals surface area contributed by atoms with E-state index in [1.807, 2.05) is 24.3 Å². The zero-order valence-corrected chi connectivity index (χ0v) is 14.4. The van der Waals surface area contributed by atoms with Gasteiger partial charge in [-0.05, 0) is 29.2 Å². The highest BCUT2D eigenvalue weighted by molar-refractivity contribution is 6.17. The Morgan fingerprint density at radius 2 is 1.88 bits per heavy atom. The van der Waals surface area contributed by atoms with Gasteiger partial charge in [-0.15, -0.1) is 0 Å². The van der Waals surface area contributed by atoms with Crippen LogP contribution in [0.25, 0.3) is 10.8 Å². The number of hydrogen-bond acceptors (Lipinski definition) is 4. The number of aliphatic imine (C=N–C) groups is 3. The van der Waals surface area contributed by atoms with Crippen LogP contribution in [0.1, 0.15) is 18.4 Å². The molecule has 1 heterocycles. The van der Waals surface area contributed by atoms with Gasteiger partial charge < -0.3 is 11.1 Å². The third kappa shape index (κ3) is 4.89. The summed E-state index contributed by atoms with van der Waals surface area (Å²) in [5, 5.41) is 7.58. The van der Waals surface area contributed by atoms with Gasteiger partial charge in [0.15, 0.2) is 5.96 Å². The number of carbonyl (C=O) groups excluding carboxylic acids is 1. The smallest absolute Gasteiger partial charge is 0.321 e. The molecule has 0 unspecified atom stereocenters. The van der Waals surface area contributed by atoms with Crippen LogP contribution in [0.5, 0.6) is 0 Å². The highest BCUT2D eigenvalue weighted by Gasteiger charge is 2.07. The van der Waals surface area contributed by atoms with E-state index in [0.29, 0.717) is 13.1 Å². The number of carbonyl (C=O) groups is 1. The van der Waals surface area contributed by atoms with Gasteiger partial charge in [0, 0.05) is 19.0 Å². The Labute approximate surface area is 152 Å². The van der Waals surface area contributed by atoms with Gasteiger partial charge in [0.1, 0.15) is 6.17 Å². The first-order valence-corrected chi connectivity index (χ1v) is 8.59. The molecule has 2 aromatic rings. The Hall–Kier alpha value is -3.22. The number of nitrogens with two attached hydrogens (primary N) is 1. The molecule has 2 aromatic carbocycles. The number of fused-ring (bicyclic) bond motifs is 1. The molecular weight excluding hydrogens is 328 g/mol. The van der Waals surface area contributed by atoms with Crippen LogP contribution in [0, 0.1) is 0 Å². The van der Waals surface area contributed by atoms with Gasteiger partial charge in [-0.3, -0.25) is 15.3 Å². The van der Waals surface area contributed by atoms with E-state index in [1.165, 1.54) is 0 Å². The summed E-state index contributed by atoms with van der Waals surface area (Å²) in [5.41, 5.74) is 6.87. The highest BCUT2D eigenvalue weighted by atomic mass is 16.2. The number of amides is 2. The molecule has 2 amide bonds. The van der Waals surface area contributed by atoms with Crippen molar-refractivity contribution >= 4 is 35.2 Å². The summed E-state index contributed by atoms with van der Waals surface area (Å²) >= 11 is 0. The Kier molecular flexibility index (Phi) is 5.92. The molecule has 134 valence electrons. The molecule has 1 aliphatic rings. The van der Waals surface area contributed by atoms with Crippen LogP contribution in [-0.4, -0.2) is 37.1 Å². The molecule has 0 saturated carbocycles. The topological polar surface area (TPSA) is 104 Å². The van der Waals surface area contributed by atoms with Crippen LogP contribution in [0.15, 0.2) is 57.4 Å². The molecule has 1 aliphatic heterocycles. The fraction of sp³-hybridized carbons (Fsp3) is 0.263. The fourth-order valence-corrected chi connectivity index (χ4v) is 2.75. The van der Waals surface area contributed by atoms with E-state index in [9.17, 15) is 4.79 Å². The van der Waals surface area contributed by atoms with Crippen molar-refractivity contribution in [2.45, 2.75) is 25.6 Å². The van der Waals surface area contributed by atoms with Crippen LogP contribution in [0.2, 0.25) is 0 Å². The molecule has 26 heavy (non-hydrogen) atoms. The summed E-state index contributed by atoms with van der Waals surface area (Å²) in [7, 11) is 0. The van der Waals surface area contributed by atoms with E-state index in [4.69, 9.17) is 5.73 Å². The third-order valence-corrected chi connectivity index (χ3v) is 4.05. The van der Waals surface area contributed by atoms with E-state index >= 15 is 0 Å². The number of nitrogens with zero attached hydrogens (tertiary/aromatic N) is 3. The highest BCUT2D eigenvalue weighted by Crippen LogP contribution is 2.18. The SMILES string of the molecule is NC(=NCc1cccc2ccccc12)NC(=O)NCCCC1N=CC=N1. The second kappa shape index (κ2) is 8.75. The monoisotopic (exact) mass is 350 g/mol. The minimum Gasteiger partial charge on any atom is -0.370 e. The molecule has 0 bridgehead atoms. The van der Waals surface area contributed by atoms with Crippen molar-refractivity contribution in [3.8, 4) is 0 Å². The molecule has 0 radical (unpaired) electrons. The Morgan fingerprint density at radius 1 is 1.12 bits per heavy atom. The summed E-state index contributed by atoms with van der Waals surface area (Å²) in [5.74, 6) is 0.0976. The van der Waals surface area contributed by atoms with Crippen molar-refractivity contribution in [2.75, 3.05) is 6.54 Å². The number of rotatable bonds is 6. The van der Waals surface area contributed by atoms with E-state index in [1.54, 1.807) is 12.4 Å². The van der Waals surface area contributed by atoms with Crippen molar-refractivity contribution in [2.24, 2.45) is 20.7 Å². The maximum absolute atomic E-state index is 11.8. The normalized spacial score (nSPS) is 14.1. The molecule has 0 fully saturated rings. The zero-order valence-electron chi connectivity index (χ0n) is 14.4. The van der Waals surface area contributed by atoms with Crippen LogP contribution in [-0.2, 0) is 6.54 Å². The van der Waals surface area contributed by atoms with E-state index in [-0.39, 0.29) is 18.2 Å². The molecule has 0 aliphatic carbocycles. The van der Waals surface area contributed by atoms with Crippen LogP contribution >= 0.6 is 0 Å². The molecule has 4 N–H and O–H groups in total. The predicted octanol–water partition coefficient (Wildman–Crippen LogP) is 2.22. The second-order valence-electron chi connectivity index (χ2n) is 5.94. The Morgan fingerprint density at radius 3 is 2.73 bits per heavy atom. The maximum Gasteiger partial charge on any atom is 0.321 e. The van der Waals surface area contributed by atoms with Crippen molar-refractivity contribution in [3.05, 3.63) is 48.0 Å². The predicted molar refractivity (Wildman–Crippen MR) is 106 cm³/mol. The fourth-order valence-electron chi connectivity index (χ4n) is 2.75. The molecule has 3 rings (SSSR count). The number of hydrogen-bond donors (Lipinski definition) is 3. The minimum atomic E-state index is -0.359. The van der Waals surface area contributed by atoms with Crippen molar-refractivity contribution in [1.82, 2.24) is 10.6 Å². The van der Waals surface area contributed by atoms with Crippen molar-refractivity contribution < 1.29 is 4.79 Å². The third-order valence-electron chi connectivity index (χ3n) is 4.05. The maximum atomic E-state index is 11.8. The van der Waals surface area contributed by atoms with E-state index in [0.717, 1.165) is 29.2 Å². The quantitative estimate of drug-likeness (QED) is 0.422. The summed E-state index contributed by atoms with van der Waals surface area (Å²) < 4.78 is 0. The lowest BCUT2D eigenvalue weighted by atomic mass is 10.1. The molecule has 0 atom stereocenters. The first-order valence-electron chi connectivity index (χ1n) is 8.59. The van der Waals surface area contributed by atoms with Crippen LogP contribution in [0.3, 0.4) is 0 Å². The number of urea groups is 1. The van der Waals surface area contributed by atoms with Crippen LogP contribution < -0.4 is 16.4 Å². The van der Waals surface area contributed by atoms with E-state index < -0.39 is 0 Å². The molecule has 0 aromatic heterocycles. The standard InChI is InChI=1S/C19H22N6O/c20-18(25-19(26)23-10-4-9-17-21-11-12-22-17)24-13-15-7-3-6-14-5-1-2-8-16(14)15/h1-3,5-8,11-12,17H,4,9-10,13H2,(H4,20,23,24,25,26). The van der Waals surface area contributed by atoms with Crippen molar-refractivity contribution in [1.29, 1.82) is 0 Å². The Bertz CT molecular complexity index is 841. The molecule has 7 nitrogen and oxygen atoms in total. The minimum absolute atomic E-state index is 0.00723. The summed E-state index contributed by atoms with van der Waals surface area (Å²) in [6, 6.07) is 13.8. The molecular formula is C19H22N6O. The summed E-state index contributed by atoms with van der Waals surface area (Å²) in [4.78, 5) is 24.4. The van der Waals surface area contributed by atoms with Gasteiger partial charge in [-0.25, -0.2) is 9.79 Å². The first-order chi connectivity index (χ1) is 12.7. The molecule has 7 heteroatoms. The molecule has 0 saturated heterocycles. The average molecular weight is 350 g/mol. The van der Waals surface area contributed by atoms with Crippen LogP contribution in [0.4, 0.5) is 4.79 Å². The van der Waals surface area contributed by atoms with Gasteiger partial charge in [0.2, 0.25) is 0 Å². The van der Waals surface area contributed by atoms with E-state index in [2.05, 4.69) is 43.8 Å². The second-order valence-corrected chi connectivity index (χ2v) is 5.94. The average Bonchev–Trinajstić information content (AvgIpc) is 3.17. The largest absolute Gasteiger partial charge is 0.370 e. The number of benzene rings is 2. The summed E-state index contributed by atoms with van der Waals surface area (Å²) in [6.07, 6.45) is 4.97. The number of guanidine groups is 1. The lowest BCUT2D eigenvalue weighted by molar-refractivity contribution is 0.245. The van der Waals surface area contributed by atoms with Gasteiger partial charge in [-0.1, -0.05) is 42.5 Å². The van der Waals surface area contributed by atoms with Crippen molar-refractivity contribution in [3.63, 3.8) is 0 Å². The lowest BCUT2D eigenvalue weighted by Gasteiger charge is -2.08. The van der Waals surface area contributed by atoms with Gasteiger partial charge in [-0.2, -0.15) is 0 Å². The Balaban J connectivity index is 1.44. The zero-order chi connectivity index (χ0) is 18.2.